The van der Waals surface area contributed by atoms with E-state index in [1.165, 1.54) is 11.0 Å². The summed E-state index contributed by atoms with van der Waals surface area (Å²) in [4.78, 5) is 26.0. The number of anilines is 1. The standard InChI is InChI=1S/C25H20F3NO4/c1-2-13-32-19-9-7-18(8-10-19)17-5-3-16(4-6-17)15-29-22-12-11-20(33-25(26,27)28)14-21(22)23(30)24(29)31/h3-12,14H,2,13,15H2,1H3. The molecule has 1 heterocycles. The number of alkyl halides is 3. The van der Waals surface area contributed by atoms with Gasteiger partial charge >= 0.3 is 6.36 Å². The van der Waals surface area contributed by atoms with Gasteiger partial charge in [0.15, 0.2) is 0 Å². The number of ether oxygens (including phenoxy) is 2. The van der Waals surface area contributed by atoms with Crippen LogP contribution in [0, 0.1) is 0 Å². The van der Waals surface area contributed by atoms with Gasteiger partial charge in [-0.1, -0.05) is 43.3 Å². The summed E-state index contributed by atoms with van der Waals surface area (Å²) in [6.45, 7) is 2.81. The van der Waals surface area contributed by atoms with Crippen LogP contribution in [0.1, 0.15) is 29.3 Å². The van der Waals surface area contributed by atoms with Crippen molar-refractivity contribution in [1.82, 2.24) is 0 Å². The number of benzene rings is 3. The monoisotopic (exact) mass is 455 g/mol. The molecular weight excluding hydrogens is 435 g/mol. The largest absolute Gasteiger partial charge is 0.573 e. The highest BCUT2D eigenvalue weighted by Gasteiger charge is 2.37. The summed E-state index contributed by atoms with van der Waals surface area (Å²) in [5, 5.41) is 0. The van der Waals surface area contributed by atoms with Crippen molar-refractivity contribution < 1.29 is 32.2 Å². The summed E-state index contributed by atoms with van der Waals surface area (Å²) >= 11 is 0. The van der Waals surface area contributed by atoms with Crippen LogP contribution in [-0.4, -0.2) is 24.7 Å². The maximum Gasteiger partial charge on any atom is 0.573 e. The van der Waals surface area contributed by atoms with Gasteiger partial charge < -0.3 is 14.4 Å². The van der Waals surface area contributed by atoms with Crippen LogP contribution in [-0.2, 0) is 11.3 Å². The third-order valence-corrected chi connectivity index (χ3v) is 5.13. The Morgan fingerprint density at radius 3 is 2.06 bits per heavy atom. The third kappa shape index (κ3) is 5.00. The van der Waals surface area contributed by atoms with Gasteiger partial charge in [-0.2, -0.15) is 0 Å². The molecule has 1 amide bonds. The molecule has 0 aliphatic carbocycles. The number of halogens is 3. The molecule has 0 radical (unpaired) electrons. The lowest BCUT2D eigenvalue weighted by atomic mass is 10.0. The summed E-state index contributed by atoms with van der Waals surface area (Å²) in [6, 6.07) is 18.5. The van der Waals surface area contributed by atoms with Crippen molar-refractivity contribution in [2.24, 2.45) is 0 Å². The van der Waals surface area contributed by atoms with Crippen LogP contribution in [0.15, 0.2) is 66.7 Å². The van der Waals surface area contributed by atoms with E-state index in [0.29, 0.717) is 6.61 Å². The van der Waals surface area contributed by atoms with Gasteiger partial charge in [-0.25, -0.2) is 0 Å². The Hall–Kier alpha value is -3.81. The lowest BCUT2D eigenvalue weighted by molar-refractivity contribution is -0.274. The first-order chi connectivity index (χ1) is 15.7. The number of fused-ring (bicyclic) bond motifs is 1. The predicted octanol–water partition coefficient (Wildman–Crippen LogP) is 5.77. The highest BCUT2D eigenvalue weighted by Crippen LogP contribution is 2.35. The summed E-state index contributed by atoms with van der Waals surface area (Å²) in [7, 11) is 0. The van der Waals surface area contributed by atoms with Gasteiger partial charge in [0.25, 0.3) is 11.7 Å². The normalized spacial score (nSPS) is 13.3. The summed E-state index contributed by atoms with van der Waals surface area (Å²) < 4.78 is 46.8. The number of carbonyl (C=O) groups is 2. The Morgan fingerprint density at radius 1 is 0.848 bits per heavy atom. The van der Waals surface area contributed by atoms with Gasteiger partial charge in [0.2, 0.25) is 0 Å². The van der Waals surface area contributed by atoms with E-state index in [4.69, 9.17) is 4.74 Å². The number of nitrogens with zero attached hydrogens (tertiary/aromatic N) is 1. The van der Waals surface area contributed by atoms with E-state index in [1.54, 1.807) is 0 Å². The van der Waals surface area contributed by atoms with Crippen LogP contribution in [0.2, 0.25) is 0 Å². The number of amides is 1. The average molecular weight is 455 g/mol. The first-order valence-electron chi connectivity index (χ1n) is 10.3. The first-order valence-corrected chi connectivity index (χ1v) is 10.3. The molecule has 4 rings (SSSR count). The molecule has 5 nitrogen and oxygen atoms in total. The quantitative estimate of drug-likeness (QED) is 0.425. The molecule has 0 N–H and O–H groups in total. The van der Waals surface area contributed by atoms with Gasteiger partial charge in [-0.05, 0) is 53.4 Å². The highest BCUT2D eigenvalue weighted by atomic mass is 19.4. The molecule has 0 unspecified atom stereocenters. The highest BCUT2D eigenvalue weighted by molar-refractivity contribution is 6.52. The molecule has 0 fully saturated rings. The summed E-state index contributed by atoms with van der Waals surface area (Å²) in [5.74, 6) is -1.39. The molecule has 3 aromatic carbocycles. The molecule has 0 aromatic heterocycles. The number of hydrogen-bond acceptors (Lipinski definition) is 4. The van der Waals surface area contributed by atoms with Crippen molar-refractivity contribution in [3.05, 3.63) is 77.9 Å². The van der Waals surface area contributed by atoms with Crippen LogP contribution in [0.25, 0.3) is 11.1 Å². The molecule has 0 bridgehead atoms. The maximum absolute atomic E-state index is 12.5. The van der Waals surface area contributed by atoms with Gasteiger partial charge in [0, 0.05) is 0 Å². The number of hydrogen-bond donors (Lipinski definition) is 0. The second kappa shape index (κ2) is 8.97. The van der Waals surface area contributed by atoms with E-state index in [2.05, 4.69) is 4.74 Å². The van der Waals surface area contributed by atoms with E-state index in [0.717, 1.165) is 41.0 Å². The molecule has 170 valence electrons. The number of rotatable bonds is 7. The fraction of sp³-hybridized carbons (Fsp3) is 0.200. The first kappa shape index (κ1) is 22.4. The second-order valence-corrected chi connectivity index (χ2v) is 7.52. The van der Waals surface area contributed by atoms with Crippen molar-refractivity contribution in [3.8, 4) is 22.6 Å². The predicted molar refractivity (Wildman–Crippen MR) is 116 cm³/mol. The molecule has 3 aromatic rings. The zero-order valence-electron chi connectivity index (χ0n) is 17.7. The Morgan fingerprint density at radius 2 is 1.45 bits per heavy atom. The van der Waals surface area contributed by atoms with Crippen LogP contribution in [0.4, 0.5) is 18.9 Å². The minimum atomic E-state index is -4.88. The Balaban J connectivity index is 1.49. The van der Waals surface area contributed by atoms with E-state index in [1.807, 2.05) is 55.5 Å². The van der Waals surface area contributed by atoms with Crippen LogP contribution >= 0.6 is 0 Å². The van der Waals surface area contributed by atoms with Crippen molar-refractivity contribution >= 4 is 17.4 Å². The maximum atomic E-state index is 12.5. The van der Waals surface area contributed by atoms with Gasteiger partial charge in [-0.3, -0.25) is 9.59 Å². The Labute approximate surface area is 188 Å². The molecule has 1 aliphatic rings. The van der Waals surface area contributed by atoms with Crippen molar-refractivity contribution in [2.75, 3.05) is 11.5 Å². The van der Waals surface area contributed by atoms with Gasteiger partial charge in [0.05, 0.1) is 24.4 Å². The third-order valence-electron chi connectivity index (χ3n) is 5.13. The van der Waals surface area contributed by atoms with Crippen LogP contribution in [0.5, 0.6) is 11.5 Å². The number of Topliss-reactive ketones (excluding diaryl/α,β-unsaturated/α-hetero) is 1. The average Bonchev–Trinajstić information content (AvgIpc) is 3.02. The molecule has 0 atom stereocenters. The number of ketones is 1. The van der Waals surface area contributed by atoms with Crippen molar-refractivity contribution in [2.45, 2.75) is 26.3 Å². The second-order valence-electron chi connectivity index (χ2n) is 7.52. The molecule has 0 saturated carbocycles. The topological polar surface area (TPSA) is 55.8 Å². The van der Waals surface area contributed by atoms with E-state index < -0.39 is 23.8 Å². The molecular formula is C25H20F3NO4. The summed E-state index contributed by atoms with van der Waals surface area (Å²) in [6.07, 6.45) is -3.95. The van der Waals surface area contributed by atoms with E-state index in [9.17, 15) is 22.8 Å². The number of carbonyl (C=O) groups excluding carboxylic acids is 2. The van der Waals surface area contributed by atoms with E-state index >= 15 is 0 Å². The lowest BCUT2D eigenvalue weighted by Gasteiger charge is -2.17. The SMILES string of the molecule is CCCOc1ccc(-c2ccc(CN3C(=O)C(=O)c4cc(OC(F)(F)F)ccc43)cc2)cc1. The summed E-state index contributed by atoms with van der Waals surface area (Å²) in [5.41, 5.74) is 2.89. The van der Waals surface area contributed by atoms with Gasteiger partial charge in [0.1, 0.15) is 11.5 Å². The van der Waals surface area contributed by atoms with Crippen LogP contribution in [0.3, 0.4) is 0 Å². The Kier molecular flexibility index (Phi) is 6.09. The Bertz CT molecular complexity index is 1170. The molecule has 0 spiro atoms. The zero-order valence-corrected chi connectivity index (χ0v) is 17.7. The molecule has 33 heavy (non-hydrogen) atoms. The van der Waals surface area contributed by atoms with Crippen molar-refractivity contribution in [1.29, 1.82) is 0 Å². The van der Waals surface area contributed by atoms with Crippen molar-refractivity contribution in [3.63, 3.8) is 0 Å². The molecule has 1 aliphatic heterocycles. The minimum Gasteiger partial charge on any atom is -0.494 e. The lowest BCUT2D eigenvalue weighted by Crippen LogP contribution is -2.29. The van der Waals surface area contributed by atoms with Crippen LogP contribution < -0.4 is 14.4 Å². The van der Waals surface area contributed by atoms with Gasteiger partial charge in [-0.15, -0.1) is 13.2 Å². The van der Waals surface area contributed by atoms with E-state index in [-0.39, 0.29) is 17.8 Å². The minimum absolute atomic E-state index is 0.108. The molecule has 8 heteroatoms. The smallest absolute Gasteiger partial charge is 0.494 e. The fourth-order valence-corrected chi connectivity index (χ4v) is 3.58. The zero-order chi connectivity index (χ0) is 23.6. The fourth-order valence-electron chi connectivity index (χ4n) is 3.58. The molecule has 0 saturated heterocycles.